The molecule has 0 aromatic rings. The van der Waals surface area contributed by atoms with Crippen molar-refractivity contribution in [2.24, 2.45) is 34.5 Å². The van der Waals surface area contributed by atoms with E-state index in [-0.39, 0.29) is 102 Å². The first-order valence-electron chi connectivity index (χ1n) is 23.1. The molecule has 0 bridgehead atoms. The Hall–Kier alpha value is -3.01. The van der Waals surface area contributed by atoms with Crippen molar-refractivity contribution in [1.82, 2.24) is 16.0 Å². The number of hydrogen-bond acceptors (Lipinski definition) is 11. The Morgan fingerprint density at radius 1 is 0.885 bits per heavy atom. The van der Waals surface area contributed by atoms with E-state index in [1.807, 2.05) is 6.92 Å². The van der Waals surface area contributed by atoms with E-state index in [0.717, 1.165) is 76.2 Å². The predicted molar refractivity (Wildman–Crippen MR) is 229 cm³/mol. The fraction of sp³-hybridized carbons (Fsp3) is 0.826. The summed E-state index contributed by atoms with van der Waals surface area (Å²) in [7, 11) is 0. The van der Waals surface area contributed by atoms with Crippen LogP contribution in [0.4, 0.5) is 0 Å². The number of cyclic esters (lactones) is 1. The number of thioether (sulfide) groups is 1. The van der Waals surface area contributed by atoms with Crippen molar-refractivity contribution in [1.29, 1.82) is 0 Å². The highest BCUT2D eigenvalue weighted by Crippen LogP contribution is 2.70. The first-order chi connectivity index (χ1) is 29.0. The van der Waals surface area contributed by atoms with Gasteiger partial charge in [0.05, 0.1) is 29.9 Å². The molecule has 2 aliphatic heterocycles. The lowest BCUT2D eigenvalue weighted by atomic mass is 9.42. The number of Topliss-reactive ketones (excluding diaryl/α,β-unsaturated/α-hetero) is 1. The molecule has 0 radical (unpaired) electrons. The number of aliphatic hydroxyl groups is 2. The SMILES string of the molecule is CC(=O)NC1C(NC(=O)CCCC(=O)CCCCCNC(=O)CO[C@H]2CC[C@@]3(C)[C@H](CC[C@@H]4[C@@H]3C[C@@H](O)[C@]3(C)[C@@H](C5=CC(=O)OC5)CC[C@]43O)C2)CSC1CCCCC(=O)O. The monoisotopic (exact) mass is 873 g/mol. The summed E-state index contributed by atoms with van der Waals surface area (Å²) in [6.45, 7) is 6.60. The van der Waals surface area contributed by atoms with Gasteiger partial charge in [0.2, 0.25) is 17.7 Å². The van der Waals surface area contributed by atoms with E-state index in [1.165, 1.54) is 6.92 Å². The van der Waals surface area contributed by atoms with Gasteiger partial charge in [-0.2, -0.15) is 11.8 Å². The van der Waals surface area contributed by atoms with E-state index in [2.05, 4.69) is 22.9 Å². The second kappa shape index (κ2) is 20.7. The van der Waals surface area contributed by atoms with Crippen molar-refractivity contribution in [2.45, 2.75) is 178 Å². The van der Waals surface area contributed by atoms with Crippen molar-refractivity contribution in [3.63, 3.8) is 0 Å². The number of aliphatic carboxylic acids is 1. The van der Waals surface area contributed by atoms with Crippen molar-refractivity contribution in [3.8, 4) is 0 Å². The van der Waals surface area contributed by atoms with Crippen LogP contribution in [-0.4, -0.2) is 111 Å². The Morgan fingerprint density at radius 3 is 2.39 bits per heavy atom. The minimum absolute atomic E-state index is 0.00908. The molecule has 4 aliphatic carbocycles. The van der Waals surface area contributed by atoms with Crippen LogP contribution in [0.2, 0.25) is 0 Å². The zero-order chi connectivity index (χ0) is 44.0. The molecule has 4 saturated carbocycles. The Labute approximate surface area is 365 Å². The number of fused-ring (bicyclic) bond motifs is 5. The lowest BCUT2D eigenvalue weighted by molar-refractivity contribution is -0.245. The number of carbonyl (C=O) groups is 6. The molecular formula is C46H71N3O11S. The highest BCUT2D eigenvalue weighted by Gasteiger charge is 2.70. The van der Waals surface area contributed by atoms with Gasteiger partial charge in [0.1, 0.15) is 19.0 Å². The third-order valence-corrected chi connectivity index (χ3v) is 17.5. The molecule has 6 N–H and O–H groups in total. The Bertz CT molecular complexity index is 1660. The third kappa shape index (κ3) is 10.9. The van der Waals surface area contributed by atoms with E-state index in [1.54, 1.807) is 17.8 Å². The maximum Gasteiger partial charge on any atom is 0.331 e. The van der Waals surface area contributed by atoms with Gasteiger partial charge in [-0.1, -0.05) is 26.7 Å². The Balaban J connectivity index is 0.822. The van der Waals surface area contributed by atoms with Crippen LogP contribution in [0.5, 0.6) is 0 Å². The number of esters is 1. The molecule has 6 aliphatic rings. The van der Waals surface area contributed by atoms with Gasteiger partial charge in [-0.15, -0.1) is 0 Å². The Morgan fingerprint density at radius 2 is 1.66 bits per heavy atom. The van der Waals surface area contributed by atoms with Gasteiger partial charge in [-0.25, -0.2) is 4.79 Å². The number of ketones is 1. The fourth-order valence-corrected chi connectivity index (χ4v) is 14.1. The van der Waals surface area contributed by atoms with Crippen LogP contribution in [0, 0.1) is 34.5 Å². The molecular weight excluding hydrogens is 803 g/mol. The molecule has 0 aromatic heterocycles. The average Bonchev–Trinajstić information content (AvgIpc) is 3.88. The molecule has 61 heavy (non-hydrogen) atoms. The van der Waals surface area contributed by atoms with Gasteiger partial charge < -0.3 is 40.7 Å². The molecule has 2 heterocycles. The van der Waals surface area contributed by atoms with Gasteiger partial charge in [-0.05, 0) is 118 Å². The molecule has 5 fully saturated rings. The minimum Gasteiger partial charge on any atom is -0.481 e. The molecule has 1 saturated heterocycles. The molecule has 15 heteroatoms. The maximum absolute atomic E-state index is 12.7. The fourth-order valence-electron chi connectivity index (χ4n) is 12.6. The van der Waals surface area contributed by atoms with E-state index < -0.39 is 23.1 Å². The van der Waals surface area contributed by atoms with Crippen LogP contribution < -0.4 is 16.0 Å². The summed E-state index contributed by atoms with van der Waals surface area (Å²) >= 11 is 1.68. The summed E-state index contributed by atoms with van der Waals surface area (Å²) in [5, 5.41) is 42.3. The first-order valence-corrected chi connectivity index (χ1v) is 24.2. The highest BCUT2D eigenvalue weighted by atomic mass is 32.2. The van der Waals surface area contributed by atoms with Crippen LogP contribution in [0.3, 0.4) is 0 Å². The van der Waals surface area contributed by atoms with Crippen molar-refractivity contribution in [3.05, 3.63) is 11.6 Å². The molecule has 342 valence electrons. The highest BCUT2D eigenvalue weighted by molar-refractivity contribution is 8.00. The quantitative estimate of drug-likeness (QED) is 0.0680. The van der Waals surface area contributed by atoms with E-state index in [0.29, 0.717) is 56.7 Å². The first kappa shape index (κ1) is 47.5. The van der Waals surface area contributed by atoms with Crippen molar-refractivity contribution < 1.29 is 53.6 Å². The molecule has 0 aromatic carbocycles. The summed E-state index contributed by atoms with van der Waals surface area (Å²) in [6.07, 6.45) is 13.3. The smallest absolute Gasteiger partial charge is 0.331 e. The summed E-state index contributed by atoms with van der Waals surface area (Å²) in [5.41, 5.74) is -0.850. The number of carboxylic acid groups (broad SMARTS) is 1. The van der Waals surface area contributed by atoms with Crippen LogP contribution in [0.15, 0.2) is 11.6 Å². The number of unbranched alkanes of at least 4 members (excludes halogenated alkanes) is 3. The molecule has 0 spiro atoms. The Kier molecular flexibility index (Phi) is 16.1. The number of aliphatic hydroxyl groups excluding tert-OH is 1. The van der Waals surface area contributed by atoms with Crippen LogP contribution in [-0.2, 0) is 38.2 Å². The number of hydrogen-bond donors (Lipinski definition) is 6. The van der Waals surface area contributed by atoms with Crippen LogP contribution in [0.1, 0.15) is 143 Å². The summed E-state index contributed by atoms with van der Waals surface area (Å²) in [6, 6.07) is -0.427. The molecule has 6 rings (SSSR count). The van der Waals surface area contributed by atoms with Gasteiger partial charge in [0.25, 0.3) is 0 Å². The largest absolute Gasteiger partial charge is 0.481 e. The summed E-state index contributed by atoms with van der Waals surface area (Å²) in [4.78, 5) is 72.5. The van der Waals surface area contributed by atoms with E-state index in [4.69, 9.17) is 14.6 Å². The van der Waals surface area contributed by atoms with Crippen LogP contribution in [0.25, 0.3) is 0 Å². The maximum atomic E-state index is 12.7. The predicted octanol–water partition coefficient (Wildman–Crippen LogP) is 4.77. The van der Waals surface area contributed by atoms with Gasteiger partial charge >= 0.3 is 11.9 Å². The van der Waals surface area contributed by atoms with Crippen LogP contribution >= 0.6 is 11.8 Å². The second-order valence-corrected chi connectivity index (χ2v) is 20.8. The normalized spacial score (nSPS) is 36.5. The minimum atomic E-state index is -1.00. The van der Waals surface area contributed by atoms with Crippen molar-refractivity contribution in [2.75, 3.05) is 25.5 Å². The second-order valence-electron chi connectivity index (χ2n) is 19.5. The van der Waals surface area contributed by atoms with Gasteiger partial charge in [0, 0.05) is 61.6 Å². The molecule has 3 unspecified atom stereocenters. The third-order valence-electron chi connectivity index (χ3n) is 16.0. The number of ether oxygens (including phenoxy) is 2. The lowest BCUT2D eigenvalue weighted by Gasteiger charge is -2.65. The van der Waals surface area contributed by atoms with Gasteiger partial charge in [0.15, 0.2) is 0 Å². The summed E-state index contributed by atoms with van der Waals surface area (Å²) < 4.78 is 11.4. The number of carboxylic acids is 1. The topological polar surface area (TPSA) is 218 Å². The molecule has 12 atom stereocenters. The lowest BCUT2D eigenvalue weighted by Crippen LogP contribution is -2.67. The summed E-state index contributed by atoms with van der Waals surface area (Å²) in [5.74, 6) is -0.237. The zero-order valence-electron chi connectivity index (χ0n) is 36.6. The number of carbonyl (C=O) groups excluding carboxylic acids is 5. The average molecular weight is 874 g/mol. The number of amides is 3. The number of nitrogens with one attached hydrogen (secondary N) is 3. The molecule has 14 nitrogen and oxygen atoms in total. The zero-order valence-corrected chi connectivity index (χ0v) is 37.4. The molecule has 3 amide bonds. The number of rotatable bonds is 21. The van der Waals surface area contributed by atoms with Gasteiger partial charge in [-0.3, -0.25) is 24.0 Å². The van der Waals surface area contributed by atoms with E-state index >= 15 is 0 Å². The standard InChI is InChI=1S/C46H71N3O11S/c1-28(50)48-43-36(27-61-37(43)12-6-7-14-41(55)56)49-39(53)13-9-11-31(51)10-5-4-8-21-47-40(54)26-59-32-17-19-44(2)30(23-32)15-16-34-35(44)24-38(52)45(3)33(18-20-46(34,45)58)29-22-42(57)60-25-29/h22,30,32-38,43,52,58H,4-21,23-27H2,1-3H3,(H,47,54)(H,48,50)(H,49,53)(H,55,56)/t30-,32+,33-,34-,35+,36?,37?,38-,43?,44+,45+,46+/m1/s1. The van der Waals surface area contributed by atoms with E-state index in [9.17, 15) is 39.0 Å². The van der Waals surface area contributed by atoms with Crippen molar-refractivity contribution >= 4 is 47.2 Å².